The van der Waals surface area contributed by atoms with Crippen molar-refractivity contribution in [2.45, 2.75) is 109 Å². The van der Waals surface area contributed by atoms with Crippen LogP contribution in [0, 0.1) is 5.82 Å². The number of pyridine rings is 2. The third-order valence-corrected chi connectivity index (χ3v) is 12.0. The summed E-state index contributed by atoms with van der Waals surface area (Å²) in [5.41, 5.74) is 4.23. The molecule has 2 N–H and O–H groups in total. The van der Waals surface area contributed by atoms with E-state index in [1.807, 2.05) is 49.3 Å². The first-order valence-corrected chi connectivity index (χ1v) is 19.5. The van der Waals surface area contributed by atoms with Crippen LogP contribution in [0.2, 0.25) is 0 Å². The van der Waals surface area contributed by atoms with Gasteiger partial charge in [0.1, 0.15) is 11.2 Å². The largest absolute Gasteiger partial charge is 0.349 e. The molecule has 0 unspecified atom stereocenters. The van der Waals surface area contributed by atoms with Gasteiger partial charge in [0.15, 0.2) is 11.6 Å². The molecular formula is C41H50FN9O3. The molecule has 2 saturated heterocycles. The van der Waals surface area contributed by atoms with E-state index in [9.17, 15) is 14.4 Å². The SMILES string of the molecule is CC(=O)N1CCC2(CC1)C(=O)N([C@H]1C[C@@H](N3CCCCC3)C1)c1cc(-c3cc4ncn(C(C)C)c4c(Nc4cc(C(=O)NC(C)C)ncc4F)n3)ccc12. The van der Waals surface area contributed by atoms with Crippen molar-refractivity contribution in [1.29, 1.82) is 0 Å². The van der Waals surface area contributed by atoms with Gasteiger partial charge in [0.05, 0.1) is 34.8 Å². The molecule has 3 amide bonds. The number of imidazole rings is 1. The average Bonchev–Trinajstić information content (AvgIpc) is 3.67. The molecule has 1 aromatic carbocycles. The molecule has 4 aliphatic rings. The van der Waals surface area contributed by atoms with Gasteiger partial charge >= 0.3 is 0 Å². The van der Waals surface area contributed by atoms with Gasteiger partial charge in [-0.05, 0) is 103 Å². The topological polar surface area (TPSA) is 129 Å². The van der Waals surface area contributed by atoms with Gasteiger partial charge < -0.3 is 29.9 Å². The molecule has 1 spiro atoms. The smallest absolute Gasteiger partial charge is 0.270 e. The number of carbonyl (C=O) groups excluding carboxylic acids is 3. The Labute approximate surface area is 315 Å². The quantitative estimate of drug-likeness (QED) is 0.215. The zero-order chi connectivity index (χ0) is 37.9. The molecule has 284 valence electrons. The maximum Gasteiger partial charge on any atom is 0.270 e. The van der Waals surface area contributed by atoms with Gasteiger partial charge in [0.2, 0.25) is 11.8 Å². The number of amides is 3. The summed E-state index contributed by atoms with van der Waals surface area (Å²) in [6.45, 7) is 12.7. The van der Waals surface area contributed by atoms with Crippen LogP contribution in [0.1, 0.15) is 102 Å². The zero-order valence-corrected chi connectivity index (χ0v) is 31.9. The third kappa shape index (κ3) is 6.29. The number of halogens is 1. The van der Waals surface area contributed by atoms with Crippen molar-refractivity contribution < 1.29 is 18.8 Å². The van der Waals surface area contributed by atoms with Crippen molar-refractivity contribution in [3.63, 3.8) is 0 Å². The molecule has 12 nitrogen and oxygen atoms in total. The lowest BCUT2D eigenvalue weighted by atomic mass is 9.73. The van der Waals surface area contributed by atoms with Crippen LogP contribution in [-0.4, -0.2) is 91.3 Å². The highest BCUT2D eigenvalue weighted by molar-refractivity contribution is 6.09. The van der Waals surface area contributed by atoms with Gasteiger partial charge in [0.25, 0.3) is 5.91 Å². The second kappa shape index (κ2) is 14.1. The van der Waals surface area contributed by atoms with Crippen LogP contribution in [0.3, 0.4) is 0 Å². The van der Waals surface area contributed by atoms with E-state index in [2.05, 4.69) is 37.6 Å². The Hall–Kier alpha value is -4.91. The summed E-state index contributed by atoms with van der Waals surface area (Å²) in [6, 6.07) is 10.1. The number of aromatic nitrogens is 4. The molecule has 0 bridgehead atoms. The maximum atomic E-state index is 15.4. The molecule has 54 heavy (non-hydrogen) atoms. The van der Waals surface area contributed by atoms with E-state index in [1.165, 1.54) is 25.3 Å². The second-order valence-electron chi connectivity index (χ2n) is 16.1. The van der Waals surface area contributed by atoms with E-state index in [0.717, 1.165) is 48.9 Å². The van der Waals surface area contributed by atoms with E-state index in [-0.39, 0.29) is 41.3 Å². The highest BCUT2D eigenvalue weighted by Crippen LogP contribution is 2.52. The molecule has 3 aromatic heterocycles. The predicted octanol–water partition coefficient (Wildman–Crippen LogP) is 6.34. The first kappa shape index (κ1) is 36.1. The number of likely N-dealkylation sites (tertiary alicyclic amines) is 2. The molecule has 1 aliphatic carbocycles. The molecule has 8 rings (SSSR count). The normalized spacial score (nSPS) is 21.2. The van der Waals surface area contributed by atoms with Crippen molar-refractivity contribution >= 4 is 45.9 Å². The van der Waals surface area contributed by atoms with Gasteiger partial charge in [0, 0.05) is 55.4 Å². The average molecular weight is 736 g/mol. The standard InChI is InChI=1S/C41H50FN9O3/c1-24(2)45-39(53)35-21-33(31(42)22-43-35)47-38-37-34(44-23-50(37)25(3)4)20-32(46-38)27-9-10-30-36(17-27)51(29-18-28(19-29)49-13-7-6-8-14-49)40(54)41(30)11-15-48(16-12-41)26(5)52/h9-10,17,20-25,28-29H,6-8,11-16,18-19H2,1-5H3,(H,45,53)(H,43,46,47)/t28-,29+. The zero-order valence-electron chi connectivity index (χ0n) is 31.9. The van der Waals surface area contributed by atoms with Crippen molar-refractivity contribution in [1.82, 2.24) is 34.6 Å². The lowest BCUT2D eigenvalue weighted by Crippen LogP contribution is -2.58. The summed E-state index contributed by atoms with van der Waals surface area (Å²) in [7, 11) is 0. The maximum absolute atomic E-state index is 15.4. The summed E-state index contributed by atoms with van der Waals surface area (Å²) in [5.74, 6) is -0.449. The lowest BCUT2D eigenvalue weighted by molar-refractivity contribution is -0.134. The molecular weight excluding hydrogens is 686 g/mol. The van der Waals surface area contributed by atoms with Crippen molar-refractivity contribution in [2.24, 2.45) is 0 Å². The van der Waals surface area contributed by atoms with E-state index in [1.54, 1.807) is 13.3 Å². The third-order valence-electron chi connectivity index (χ3n) is 12.0. The fourth-order valence-corrected chi connectivity index (χ4v) is 8.96. The van der Waals surface area contributed by atoms with E-state index >= 15 is 4.39 Å². The van der Waals surface area contributed by atoms with Crippen molar-refractivity contribution in [3.05, 3.63) is 59.9 Å². The predicted molar refractivity (Wildman–Crippen MR) is 206 cm³/mol. The number of nitrogens with zero attached hydrogens (tertiary/aromatic N) is 7. The summed E-state index contributed by atoms with van der Waals surface area (Å²) in [5, 5.41) is 6.00. The molecule has 13 heteroatoms. The van der Waals surface area contributed by atoms with Crippen LogP contribution >= 0.6 is 0 Å². The summed E-state index contributed by atoms with van der Waals surface area (Å²) in [4.78, 5) is 60.2. The van der Waals surface area contributed by atoms with Crippen molar-refractivity contribution in [3.8, 4) is 11.3 Å². The van der Waals surface area contributed by atoms with Gasteiger partial charge in [-0.25, -0.2) is 19.3 Å². The number of carbonyl (C=O) groups is 3. The Morgan fingerprint density at radius 3 is 2.37 bits per heavy atom. The van der Waals surface area contributed by atoms with Crippen LogP contribution in [0.5, 0.6) is 0 Å². The fraction of sp³-hybridized carbons (Fsp3) is 0.512. The van der Waals surface area contributed by atoms with Crippen LogP contribution in [0.4, 0.5) is 21.6 Å². The van der Waals surface area contributed by atoms with Crippen LogP contribution < -0.4 is 15.5 Å². The van der Waals surface area contributed by atoms with Gasteiger partial charge in [-0.15, -0.1) is 0 Å². The Morgan fingerprint density at radius 1 is 0.944 bits per heavy atom. The van der Waals surface area contributed by atoms with Gasteiger partial charge in [-0.3, -0.25) is 14.4 Å². The number of fused-ring (bicyclic) bond motifs is 3. The Bertz CT molecular complexity index is 2110. The Morgan fingerprint density at radius 2 is 1.69 bits per heavy atom. The number of anilines is 3. The number of benzene rings is 1. The second-order valence-corrected chi connectivity index (χ2v) is 16.1. The Balaban J connectivity index is 1.18. The van der Waals surface area contributed by atoms with Crippen LogP contribution in [0.15, 0.2) is 42.9 Å². The summed E-state index contributed by atoms with van der Waals surface area (Å²) in [6.07, 6.45) is 9.64. The number of hydrogen-bond acceptors (Lipinski definition) is 8. The molecule has 3 aliphatic heterocycles. The van der Waals surface area contributed by atoms with E-state index < -0.39 is 17.1 Å². The van der Waals surface area contributed by atoms with Crippen LogP contribution in [-0.2, 0) is 15.0 Å². The summed E-state index contributed by atoms with van der Waals surface area (Å²) < 4.78 is 17.3. The molecule has 0 radical (unpaired) electrons. The van der Waals surface area contributed by atoms with E-state index in [4.69, 9.17) is 9.97 Å². The van der Waals surface area contributed by atoms with Gasteiger partial charge in [-0.1, -0.05) is 18.6 Å². The van der Waals surface area contributed by atoms with Crippen LogP contribution in [0.25, 0.3) is 22.3 Å². The summed E-state index contributed by atoms with van der Waals surface area (Å²) >= 11 is 0. The molecule has 1 saturated carbocycles. The lowest BCUT2D eigenvalue weighted by Gasteiger charge is -2.48. The molecule has 6 heterocycles. The molecule has 3 fully saturated rings. The molecule has 0 atom stereocenters. The monoisotopic (exact) mass is 735 g/mol. The minimum Gasteiger partial charge on any atom is -0.349 e. The van der Waals surface area contributed by atoms with Crippen molar-refractivity contribution in [2.75, 3.05) is 36.4 Å². The first-order valence-electron chi connectivity index (χ1n) is 19.5. The highest BCUT2D eigenvalue weighted by atomic mass is 19.1. The minimum atomic E-state index is -0.672. The number of nitrogens with one attached hydrogen (secondary N) is 2. The molecule has 4 aromatic rings. The first-order chi connectivity index (χ1) is 25.9. The number of rotatable bonds is 8. The minimum absolute atomic E-state index is 0.0403. The number of piperidine rings is 2. The van der Waals surface area contributed by atoms with E-state index in [0.29, 0.717) is 54.5 Å². The number of hydrogen-bond donors (Lipinski definition) is 2. The van der Waals surface area contributed by atoms with Gasteiger partial charge in [-0.2, -0.15) is 0 Å². The fourth-order valence-electron chi connectivity index (χ4n) is 8.96. The Kier molecular flexibility index (Phi) is 9.40. The highest BCUT2D eigenvalue weighted by Gasteiger charge is 2.55.